The van der Waals surface area contributed by atoms with Gasteiger partial charge in [0.05, 0.1) is 16.6 Å². The van der Waals surface area contributed by atoms with Crippen LogP contribution >= 0.6 is 11.3 Å². The van der Waals surface area contributed by atoms with Gasteiger partial charge in [-0.05, 0) is 44.7 Å². The van der Waals surface area contributed by atoms with Crippen LogP contribution in [0.5, 0.6) is 0 Å². The molecule has 1 aromatic carbocycles. The van der Waals surface area contributed by atoms with Crippen LogP contribution < -0.4 is 5.32 Å². The first kappa shape index (κ1) is 16.6. The van der Waals surface area contributed by atoms with Crippen LogP contribution in [0.2, 0.25) is 0 Å². The molecule has 1 amide bonds. The number of nitrogens with zero attached hydrogens (tertiary/aromatic N) is 1. The summed E-state index contributed by atoms with van der Waals surface area (Å²) in [5.74, 6) is -1.18. The molecule has 3 rings (SSSR count). The summed E-state index contributed by atoms with van der Waals surface area (Å²) in [6.45, 7) is 1.97. The van der Waals surface area contributed by atoms with Gasteiger partial charge < -0.3 is 10.4 Å². The Labute approximate surface area is 144 Å². The van der Waals surface area contributed by atoms with Crippen LogP contribution in [0.1, 0.15) is 30.7 Å². The fourth-order valence-electron chi connectivity index (χ4n) is 3.10. The molecule has 5 nitrogen and oxygen atoms in total. The summed E-state index contributed by atoms with van der Waals surface area (Å²) in [5.41, 5.74) is 2.64. The highest BCUT2D eigenvalue weighted by Crippen LogP contribution is 2.30. The van der Waals surface area contributed by atoms with E-state index in [9.17, 15) is 9.59 Å². The minimum Gasteiger partial charge on any atom is -0.481 e. The SMILES string of the molecule is Cc1nc(-c2cccc(NC(=O)C3CCC(C(=O)O)CC3)c2)cs1. The van der Waals surface area contributed by atoms with Gasteiger partial charge >= 0.3 is 5.97 Å². The highest BCUT2D eigenvalue weighted by Gasteiger charge is 2.29. The summed E-state index contributed by atoms with van der Waals surface area (Å²) in [7, 11) is 0. The van der Waals surface area contributed by atoms with Crippen molar-refractivity contribution in [3.05, 3.63) is 34.7 Å². The Bertz CT molecular complexity index is 748. The zero-order chi connectivity index (χ0) is 17.1. The fourth-order valence-corrected chi connectivity index (χ4v) is 3.72. The van der Waals surface area contributed by atoms with Crippen molar-refractivity contribution in [3.8, 4) is 11.3 Å². The molecule has 1 heterocycles. The van der Waals surface area contributed by atoms with Gasteiger partial charge in [0.2, 0.25) is 5.91 Å². The number of nitrogens with one attached hydrogen (secondary N) is 1. The lowest BCUT2D eigenvalue weighted by Crippen LogP contribution is -2.29. The van der Waals surface area contributed by atoms with Crippen molar-refractivity contribution in [2.24, 2.45) is 11.8 Å². The summed E-state index contributed by atoms with van der Waals surface area (Å²) in [6.07, 6.45) is 2.42. The lowest BCUT2D eigenvalue weighted by atomic mass is 9.81. The highest BCUT2D eigenvalue weighted by atomic mass is 32.1. The number of thiazole rings is 1. The summed E-state index contributed by atoms with van der Waals surface area (Å²) < 4.78 is 0. The molecular formula is C18H20N2O3S. The van der Waals surface area contributed by atoms with Crippen LogP contribution in [0.15, 0.2) is 29.6 Å². The molecule has 1 aromatic heterocycles. The van der Waals surface area contributed by atoms with Gasteiger partial charge in [0.25, 0.3) is 0 Å². The average Bonchev–Trinajstić information content (AvgIpc) is 3.02. The number of carbonyl (C=O) groups is 2. The largest absolute Gasteiger partial charge is 0.481 e. The topological polar surface area (TPSA) is 79.3 Å². The van der Waals surface area contributed by atoms with Crippen molar-refractivity contribution in [2.45, 2.75) is 32.6 Å². The van der Waals surface area contributed by atoms with Gasteiger partial charge in [0.1, 0.15) is 0 Å². The fraction of sp³-hybridized carbons (Fsp3) is 0.389. The predicted molar refractivity (Wildman–Crippen MR) is 94.0 cm³/mol. The number of benzene rings is 1. The molecule has 1 aliphatic carbocycles. The normalized spacial score (nSPS) is 20.5. The standard InChI is InChI=1S/C18H20N2O3S/c1-11-19-16(10-24-11)14-3-2-4-15(9-14)20-17(21)12-5-7-13(8-6-12)18(22)23/h2-4,9-10,12-13H,5-8H2,1H3,(H,20,21)(H,22,23). The number of carbonyl (C=O) groups excluding carboxylic acids is 1. The second-order valence-electron chi connectivity index (χ2n) is 6.21. The zero-order valence-corrected chi connectivity index (χ0v) is 14.3. The van der Waals surface area contributed by atoms with Gasteiger partial charge in [0.15, 0.2) is 0 Å². The number of aromatic nitrogens is 1. The van der Waals surface area contributed by atoms with Gasteiger partial charge in [-0.1, -0.05) is 12.1 Å². The predicted octanol–water partition coefficient (Wildman–Crippen LogP) is 3.95. The Morgan fingerprint density at radius 1 is 1.21 bits per heavy atom. The number of carboxylic acid groups (broad SMARTS) is 1. The molecule has 0 atom stereocenters. The lowest BCUT2D eigenvalue weighted by molar-refractivity contribution is -0.143. The molecule has 126 valence electrons. The molecule has 0 unspecified atom stereocenters. The third kappa shape index (κ3) is 3.82. The van der Waals surface area contributed by atoms with Crippen LogP contribution in [0.3, 0.4) is 0 Å². The molecule has 1 aliphatic rings. The second kappa shape index (κ2) is 7.13. The van der Waals surface area contributed by atoms with E-state index in [4.69, 9.17) is 5.11 Å². The van der Waals surface area contributed by atoms with Crippen LogP contribution in [-0.4, -0.2) is 22.0 Å². The molecule has 1 fully saturated rings. The minimum absolute atomic E-state index is 0.0227. The van der Waals surface area contributed by atoms with E-state index in [1.165, 1.54) is 0 Å². The van der Waals surface area contributed by atoms with Crippen LogP contribution in [0.4, 0.5) is 5.69 Å². The maximum Gasteiger partial charge on any atom is 0.306 e. The first-order valence-electron chi connectivity index (χ1n) is 8.09. The van der Waals surface area contributed by atoms with E-state index in [-0.39, 0.29) is 17.7 Å². The number of hydrogen-bond donors (Lipinski definition) is 2. The first-order chi connectivity index (χ1) is 11.5. The van der Waals surface area contributed by atoms with E-state index in [0.717, 1.165) is 22.0 Å². The maximum absolute atomic E-state index is 12.4. The summed E-state index contributed by atoms with van der Waals surface area (Å²) in [5, 5.41) is 15.0. The summed E-state index contributed by atoms with van der Waals surface area (Å²) in [6, 6.07) is 7.67. The average molecular weight is 344 g/mol. The van der Waals surface area contributed by atoms with Crippen molar-refractivity contribution in [2.75, 3.05) is 5.32 Å². The van der Waals surface area contributed by atoms with Gasteiger partial charge in [-0.3, -0.25) is 9.59 Å². The van der Waals surface area contributed by atoms with Gasteiger partial charge in [-0.2, -0.15) is 0 Å². The number of carboxylic acids is 1. The molecule has 6 heteroatoms. The molecule has 2 N–H and O–H groups in total. The molecular weight excluding hydrogens is 324 g/mol. The lowest BCUT2D eigenvalue weighted by Gasteiger charge is -2.25. The van der Waals surface area contributed by atoms with Gasteiger partial charge in [-0.25, -0.2) is 4.98 Å². The number of rotatable bonds is 4. The Balaban J connectivity index is 1.64. The van der Waals surface area contributed by atoms with Crippen molar-refractivity contribution in [3.63, 3.8) is 0 Å². The Hall–Kier alpha value is -2.21. The monoisotopic (exact) mass is 344 g/mol. The number of anilines is 1. The third-order valence-corrected chi connectivity index (χ3v) is 5.27. The van der Waals surface area contributed by atoms with Gasteiger partial charge in [-0.15, -0.1) is 11.3 Å². The minimum atomic E-state index is -0.750. The smallest absolute Gasteiger partial charge is 0.306 e. The molecule has 24 heavy (non-hydrogen) atoms. The number of hydrogen-bond acceptors (Lipinski definition) is 4. The van der Waals surface area contributed by atoms with Crippen molar-refractivity contribution < 1.29 is 14.7 Å². The Morgan fingerprint density at radius 3 is 2.54 bits per heavy atom. The number of amides is 1. The summed E-state index contributed by atoms with van der Waals surface area (Å²) in [4.78, 5) is 27.9. The maximum atomic E-state index is 12.4. The third-order valence-electron chi connectivity index (χ3n) is 4.49. The quantitative estimate of drug-likeness (QED) is 0.880. The molecule has 0 spiro atoms. The molecule has 2 aromatic rings. The Morgan fingerprint density at radius 2 is 1.92 bits per heavy atom. The molecule has 1 saturated carbocycles. The molecule has 0 saturated heterocycles. The molecule has 0 bridgehead atoms. The van der Waals surface area contributed by atoms with E-state index in [1.807, 2.05) is 36.6 Å². The molecule has 0 radical (unpaired) electrons. The van der Waals surface area contributed by atoms with Crippen LogP contribution in [0, 0.1) is 18.8 Å². The first-order valence-corrected chi connectivity index (χ1v) is 8.97. The summed E-state index contributed by atoms with van der Waals surface area (Å²) >= 11 is 1.60. The van der Waals surface area contributed by atoms with Crippen LogP contribution in [0.25, 0.3) is 11.3 Å². The van der Waals surface area contributed by atoms with Crippen molar-refractivity contribution in [1.82, 2.24) is 4.98 Å². The number of aryl methyl sites for hydroxylation is 1. The second-order valence-corrected chi connectivity index (χ2v) is 7.27. The number of aliphatic carboxylic acids is 1. The van der Waals surface area contributed by atoms with Crippen molar-refractivity contribution in [1.29, 1.82) is 0 Å². The van der Waals surface area contributed by atoms with Gasteiger partial charge in [0, 0.05) is 22.5 Å². The van der Waals surface area contributed by atoms with Crippen LogP contribution in [-0.2, 0) is 9.59 Å². The van der Waals surface area contributed by atoms with E-state index >= 15 is 0 Å². The Kier molecular flexibility index (Phi) is 4.94. The van der Waals surface area contributed by atoms with Crippen molar-refractivity contribution >= 4 is 28.9 Å². The van der Waals surface area contributed by atoms with E-state index in [0.29, 0.717) is 25.7 Å². The molecule has 0 aliphatic heterocycles. The van der Waals surface area contributed by atoms with E-state index in [1.54, 1.807) is 11.3 Å². The zero-order valence-electron chi connectivity index (χ0n) is 13.5. The highest BCUT2D eigenvalue weighted by molar-refractivity contribution is 7.09. The van der Waals surface area contributed by atoms with E-state index < -0.39 is 5.97 Å². The van der Waals surface area contributed by atoms with E-state index in [2.05, 4.69) is 10.3 Å².